The molecule has 0 bridgehead atoms. The number of carbonyl (C=O) groups excluding carboxylic acids is 2. The molecule has 5 heteroatoms. The fourth-order valence-corrected chi connectivity index (χ4v) is 0.105. The molecule has 0 rings (SSSR count). The van der Waals surface area contributed by atoms with E-state index in [-0.39, 0.29) is 0 Å². The summed E-state index contributed by atoms with van der Waals surface area (Å²) in [7, 11) is 0. The number of rotatable bonds is 2. The molecular weight excluding hydrogens is 120 g/mol. The number of hydrogen-bond acceptors (Lipinski definition) is 2. The van der Waals surface area contributed by atoms with Crippen molar-refractivity contribution in [1.82, 2.24) is 5.32 Å². The summed E-state index contributed by atoms with van der Waals surface area (Å²) in [4.78, 5) is 18.7. The van der Waals surface area contributed by atoms with Gasteiger partial charge in [0.1, 0.15) is 0 Å². The first kappa shape index (κ1) is 7.00. The van der Waals surface area contributed by atoms with Crippen LogP contribution in [-0.2, 0) is 9.59 Å². The molecule has 8 heavy (non-hydrogen) atoms. The molecule has 1 radical (unpaired) electrons. The zero-order valence-electron chi connectivity index (χ0n) is 3.65. The van der Waals surface area contributed by atoms with Crippen LogP contribution in [0.1, 0.15) is 0 Å². The molecule has 0 aliphatic rings. The van der Waals surface area contributed by atoms with Crippen molar-refractivity contribution < 1.29 is 18.4 Å². The van der Waals surface area contributed by atoms with E-state index < -0.39 is 12.3 Å². The molecular formula is C3H2F2NO2. The van der Waals surface area contributed by atoms with Crippen LogP contribution in [0.15, 0.2) is 0 Å². The summed E-state index contributed by atoms with van der Waals surface area (Å²) in [5.41, 5.74) is 0. The molecule has 0 spiro atoms. The minimum atomic E-state index is -3.14. The summed E-state index contributed by atoms with van der Waals surface area (Å²) in [5.74, 6) is -1.62. The van der Waals surface area contributed by atoms with Crippen LogP contribution in [0.5, 0.6) is 0 Å². The van der Waals surface area contributed by atoms with Gasteiger partial charge in [-0.2, -0.15) is 8.78 Å². The van der Waals surface area contributed by atoms with Crippen molar-refractivity contribution in [3.05, 3.63) is 0 Å². The number of amides is 2. The van der Waals surface area contributed by atoms with Gasteiger partial charge in [-0.3, -0.25) is 14.9 Å². The lowest BCUT2D eigenvalue weighted by molar-refractivity contribution is -0.130. The Morgan fingerprint density at radius 1 is 1.62 bits per heavy atom. The van der Waals surface area contributed by atoms with E-state index in [1.54, 1.807) is 0 Å². The average Bonchev–Trinajstić information content (AvgIpc) is 1.67. The van der Waals surface area contributed by atoms with Crippen molar-refractivity contribution in [2.24, 2.45) is 0 Å². The molecule has 0 aliphatic heterocycles. The Balaban J connectivity index is 3.48. The molecule has 0 saturated carbocycles. The van der Waals surface area contributed by atoms with E-state index in [0.717, 1.165) is 11.7 Å². The third-order valence-electron chi connectivity index (χ3n) is 0.372. The molecule has 1 N–H and O–H groups in total. The standard InChI is InChI=1S/C3H2F2NO2/c4-2(5)3(8)6-1-7/h2H,(H,6,7,8). The number of hydrogen-bond donors (Lipinski definition) is 1. The highest BCUT2D eigenvalue weighted by Gasteiger charge is 2.13. The maximum atomic E-state index is 11.0. The van der Waals surface area contributed by atoms with Gasteiger partial charge in [0.2, 0.25) is 0 Å². The third-order valence-corrected chi connectivity index (χ3v) is 0.372. The predicted octanol–water partition coefficient (Wildman–Crippen LogP) is -0.565. The van der Waals surface area contributed by atoms with Crippen LogP contribution in [0.25, 0.3) is 0 Å². The Morgan fingerprint density at radius 2 is 2.12 bits per heavy atom. The molecule has 0 fully saturated rings. The van der Waals surface area contributed by atoms with Gasteiger partial charge in [0.05, 0.1) is 0 Å². The highest BCUT2D eigenvalue weighted by Crippen LogP contribution is 1.88. The molecule has 2 amide bonds. The molecule has 0 aromatic heterocycles. The lowest BCUT2D eigenvalue weighted by Gasteiger charge is -1.90. The van der Waals surface area contributed by atoms with Gasteiger partial charge in [-0.15, -0.1) is 0 Å². The zero-order chi connectivity index (χ0) is 6.57. The quantitative estimate of drug-likeness (QED) is 0.499. The van der Waals surface area contributed by atoms with Crippen LogP contribution in [0.3, 0.4) is 0 Å². The van der Waals surface area contributed by atoms with E-state index in [1.807, 2.05) is 0 Å². The molecule has 0 unspecified atom stereocenters. The maximum Gasteiger partial charge on any atom is 0.316 e. The summed E-state index contributed by atoms with van der Waals surface area (Å²) >= 11 is 0. The number of nitrogens with one attached hydrogen (secondary N) is 1. The second-order valence-electron chi connectivity index (χ2n) is 0.892. The highest BCUT2D eigenvalue weighted by atomic mass is 19.3. The van der Waals surface area contributed by atoms with Gasteiger partial charge < -0.3 is 0 Å². The summed E-state index contributed by atoms with van der Waals surface area (Å²) in [6, 6.07) is 0. The number of alkyl halides is 2. The predicted molar refractivity (Wildman–Crippen MR) is 19.8 cm³/mol. The van der Waals surface area contributed by atoms with Crippen LogP contribution < -0.4 is 5.32 Å². The van der Waals surface area contributed by atoms with Gasteiger partial charge in [-0.05, 0) is 0 Å². The number of imide groups is 1. The molecule has 3 nitrogen and oxygen atoms in total. The Kier molecular flexibility index (Phi) is 2.68. The summed E-state index contributed by atoms with van der Waals surface area (Å²) < 4.78 is 22.0. The van der Waals surface area contributed by atoms with Crippen LogP contribution in [0, 0.1) is 0 Å². The fraction of sp³-hybridized carbons (Fsp3) is 0.333. The Bertz CT molecular complexity index is 103. The minimum absolute atomic E-state index is 0.819. The molecule has 0 aliphatic carbocycles. The van der Waals surface area contributed by atoms with E-state index in [1.165, 1.54) is 0 Å². The normalized spacial score (nSPS) is 8.88. The monoisotopic (exact) mass is 122 g/mol. The van der Waals surface area contributed by atoms with Crippen LogP contribution >= 0.6 is 0 Å². The lowest BCUT2D eigenvalue weighted by Crippen LogP contribution is -2.27. The first-order valence-corrected chi connectivity index (χ1v) is 1.63. The number of carbonyl (C=O) groups is 1. The molecule has 0 aromatic carbocycles. The van der Waals surface area contributed by atoms with Gasteiger partial charge in [-0.25, -0.2) is 0 Å². The second-order valence-corrected chi connectivity index (χ2v) is 0.892. The lowest BCUT2D eigenvalue weighted by atomic mass is 10.6. The van der Waals surface area contributed by atoms with Crippen molar-refractivity contribution in [1.29, 1.82) is 0 Å². The average molecular weight is 122 g/mol. The van der Waals surface area contributed by atoms with E-state index in [0.29, 0.717) is 0 Å². The summed E-state index contributed by atoms with van der Waals surface area (Å²) in [6.07, 6.45) is -2.32. The Labute approximate surface area is 43.7 Å². The third kappa shape index (κ3) is 2.22. The van der Waals surface area contributed by atoms with E-state index in [2.05, 4.69) is 0 Å². The van der Waals surface area contributed by atoms with Crippen molar-refractivity contribution in [3.63, 3.8) is 0 Å². The van der Waals surface area contributed by atoms with Gasteiger partial charge >= 0.3 is 12.8 Å². The van der Waals surface area contributed by atoms with Gasteiger partial charge in [0.15, 0.2) is 0 Å². The molecule has 0 saturated heterocycles. The van der Waals surface area contributed by atoms with Gasteiger partial charge in [-0.1, -0.05) is 0 Å². The van der Waals surface area contributed by atoms with Crippen LogP contribution in [0.4, 0.5) is 8.78 Å². The molecule has 0 atom stereocenters. The van der Waals surface area contributed by atoms with Gasteiger partial charge in [0.25, 0.3) is 5.91 Å². The number of halogens is 2. The summed E-state index contributed by atoms with van der Waals surface area (Å²) in [5, 5.41) is 1.15. The zero-order valence-corrected chi connectivity index (χ0v) is 3.65. The molecule has 0 heterocycles. The van der Waals surface area contributed by atoms with Crippen LogP contribution in [0.2, 0.25) is 0 Å². The Hall–Kier alpha value is -1.00. The Morgan fingerprint density at radius 3 is 2.25 bits per heavy atom. The van der Waals surface area contributed by atoms with Crippen molar-refractivity contribution in [2.75, 3.05) is 0 Å². The van der Waals surface area contributed by atoms with Crippen molar-refractivity contribution in [3.8, 4) is 0 Å². The molecule has 0 aromatic rings. The van der Waals surface area contributed by atoms with Crippen molar-refractivity contribution in [2.45, 2.75) is 6.43 Å². The largest absolute Gasteiger partial charge is 0.316 e. The van der Waals surface area contributed by atoms with Crippen LogP contribution in [-0.4, -0.2) is 18.7 Å². The van der Waals surface area contributed by atoms with Gasteiger partial charge in [0, 0.05) is 0 Å². The molecule has 45 valence electrons. The topological polar surface area (TPSA) is 46.2 Å². The second kappa shape index (κ2) is 3.06. The maximum absolute atomic E-state index is 11.0. The fourth-order valence-electron chi connectivity index (χ4n) is 0.105. The minimum Gasteiger partial charge on any atom is -0.283 e. The van der Waals surface area contributed by atoms with E-state index in [9.17, 15) is 13.6 Å². The highest BCUT2D eigenvalue weighted by molar-refractivity contribution is 5.88. The summed E-state index contributed by atoms with van der Waals surface area (Å²) in [6.45, 7) is 0. The SMILES string of the molecule is O=[C]NC(=O)C(F)F. The van der Waals surface area contributed by atoms with E-state index >= 15 is 0 Å². The first-order chi connectivity index (χ1) is 3.68. The first-order valence-electron chi connectivity index (χ1n) is 1.63. The van der Waals surface area contributed by atoms with E-state index in [4.69, 9.17) is 4.79 Å². The van der Waals surface area contributed by atoms with Crippen molar-refractivity contribution >= 4 is 12.3 Å². The smallest absolute Gasteiger partial charge is 0.283 e.